The van der Waals surface area contributed by atoms with Crippen LogP contribution in [0.4, 0.5) is 0 Å². The van der Waals surface area contributed by atoms with Crippen molar-refractivity contribution in [2.45, 2.75) is 13.8 Å². The predicted molar refractivity (Wildman–Crippen MR) is 40.5 cm³/mol. The summed E-state index contributed by atoms with van der Waals surface area (Å²) in [5.74, 6) is 0. The Labute approximate surface area is 56.9 Å². The van der Waals surface area contributed by atoms with Gasteiger partial charge in [-0.2, -0.15) is 0 Å². The lowest BCUT2D eigenvalue weighted by atomic mass is 10.6. The van der Waals surface area contributed by atoms with Crippen molar-refractivity contribution in [2.75, 3.05) is 7.05 Å². The van der Waals surface area contributed by atoms with Crippen molar-refractivity contribution in [3.8, 4) is 0 Å². The van der Waals surface area contributed by atoms with E-state index in [2.05, 4.69) is 5.32 Å². The zero-order valence-corrected chi connectivity index (χ0v) is 6.26. The summed E-state index contributed by atoms with van der Waals surface area (Å²) in [6.07, 6.45) is 7.64. The largest absolute Gasteiger partial charge is 0.365 e. The second-order valence-electron chi connectivity index (χ2n) is 1.46. The topological polar surface area (TPSA) is 15.3 Å². The first-order valence-electron chi connectivity index (χ1n) is 3.21. The average Bonchev–Trinajstić information content (AvgIpc) is 1.94. The molecule has 0 bridgehead atoms. The van der Waals surface area contributed by atoms with Crippen LogP contribution in [0.5, 0.6) is 0 Å². The smallest absolute Gasteiger partial charge is 0.0192 e. The normalized spacial score (nSPS) is 13.9. The van der Waals surface area contributed by atoms with Gasteiger partial charge in [0, 0.05) is 31.8 Å². The van der Waals surface area contributed by atoms with Crippen LogP contribution < -0.4 is 5.32 Å². The molecule has 0 atom stereocenters. The van der Waals surface area contributed by atoms with E-state index in [4.69, 9.17) is 0 Å². The minimum atomic E-state index is 1.88. The molecule has 0 saturated heterocycles. The summed E-state index contributed by atoms with van der Waals surface area (Å²) in [4.78, 5) is 1.97. The van der Waals surface area contributed by atoms with Crippen molar-refractivity contribution in [3.63, 3.8) is 0 Å². The maximum absolute atomic E-state index is 2.91. The van der Waals surface area contributed by atoms with Gasteiger partial charge in [0.1, 0.15) is 0 Å². The van der Waals surface area contributed by atoms with E-state index in [1.54, 1.807) is 0 Å². The molecule has 0 aliphatic carbocycles. The van der Waals surface area contributed by atoms with Crippen LogP contribution in [0.15, 0.2) is 24.8 Å². The van der Waals surface area contributed by atoms with Crippen LogP contribution in [0.25, 0.3) is 0 Å². The first-order chi connectivity index (χ1) is 4.39. The molecule has 0 aromatic carbocycles. The number of nitrogens with one attached hydrogen (secondary N) is 1. The van der Waals surface area contributed by atoms with Crippen LogP contribution in [0.2, 0.25) is 0 Å². The number of nitrogens with zero attached hydrogens (tertiary/aromatic N) is 1. The van der Waals surface area contributed by atoms with Crippen LogP contribution >= 0.6 is 0 Å². The van der Waals surface area contributed by atoms with Crippen LogP contribution in [0, 0.1) is 0 Å². The van der Waals surface area contributed by atoms with Gasteiger partial charge in [0.05, 0.1) is 0 Å². The molecule has 0 aromatic rings. The van der Waals surface area contributed by atoms with Gasteiger partial charge in [0.15, 0.2) is 0 Å². The zero-order valence-electron chi connectivity index (χ0n) is 6.26. The quantitative estimate of drug-likeness (QED) is 0.529. The molecular weight excluding hydrogens is 112 g/mol. The molecule has 52 valence electrons. The van der Waals surface area contributed by atoms with Gasteiger partial charge in [0.2, 0.25) is 0 Å². The Kier molecular flexibility index (Phi) is 4.69. The lowest BCUT2D eigenvalue weighted by Gasteiger charge is -2.09. The Hall–Kier alpha value is -0.920. The molecule has 1 heterocycles. The molecule has 0 unspecified atom stereocenters. The molecule has 2 heteroatoms. The highest BCUT2D eigenvalue weighted by Gasteiger charge is 1.82. The molecule has 0 aromatic heterocycles. The van der Waals surface area contributed by atoms with Crippen LogP contribution in [0.1, 0.15) is 13.8 Å². The van der Waals surface area contributed by atoms with Gasteiger partial charge in [-0.15, -0.1) is 0 Å². The summed E-state index contributed by atoms with van der Waals surface area (Å²) >= 11 is 0. The van der Waals surface area contributed by atoms with Crippen LogP contribution in [-0.4, -0.2) is 11.9 Å². The van der Waals surface area contributed by atoms with Gasteiger partial charge in [-0.1, -0.05) is 13.8 Å². The van der Waals surface area contributed by atoms with Crippen molar-refractivity contribution < 1.29 is 0 Å². The van der Waals surface area contributed by atoms with Crippen molar-refractivity contribution in [1.29, 1.82) is 0 Å². The van der Waals surface area contributed by atoms with Gasteiger partial charge < -0.3 is 10.2 Å². The fourth-order valence-corrected chi connectivity index (χ4v) is 0.426. The van der Waals surface area contributed by atoms with E-state index in [-0.39, 0.29) is 0 Å². The minimum absolute atomic E-state index is 1.88. The molecule has 0 spiro atoms. The Morgan fingerprint density at radius 1 is 1.11 bits per heavy atom. The third-order valence-corrected chi connectivity index (χ3v) is 0.812. The second-order valence-corrected chi connectivity index (χ2v) is 1.46. The summed E-state index contributed by atoms with van der Waals surface area (Å²) in [6, 6.07) is 0. The Morgan fingerprint density at radius 2 is 1.56 bits per heavy atom. The molecule has 1 aliphatic heterocycles. The molecule has 0 amide bonds. The highest BCUT2D eigenvalue weighted by Crippen LogP contribution is 1.87. The Balaban J connectivity index is 0.000000291. The maximum atomic E-state index is 2.91. The molecule has 0 fully saturated rings. The minimum Gasteiger partial charge on any atom is -0.365 e. The molecule has 1 rings (SSSR count). The van der Waals surface area contributed by atoms with Gasteiger partial charge in [0.25, 0.3) is 0 Å². The zero-order chi connectivity index (χ0) is 7.11. The summed E-state index contributed by atoms with van der Waals surface area (Å²) in [6.45, 7) is 4.00. The van der Waals surface area contributed by atoms with E-state index < -0.39 is 0 Å². The fraction of sp³-hybridized carbons (Fsp3) is 0.429. The molecule has 0 radical (unpaired) electrons. The van der Waals surface area contributed by atoms with Gasteiger partial charge in [-0.05, 0) is 0 Å². The fourth-order valence-electron chi connectivity index (χ4n) is 0.426. The third-order valence-electron chi connectivity index (χ3n) is 0.812. The Bertz CT molecular complexity index is 93.5. The standard InChI is InChI=1S/C5H8N2.C2H6/c1-7-4-2-6-3-5-7;1-2/h2-6H,1H3;1-2H3. The second kappa shape index (κ2) is 5.22. The molecule has 0 saturated carbocycles. The van der Waals surface area contributed by atoms with Crippen molar-refractivity contribution in [3.05, 3.63) is 24.8 Å². The SMILES string of the molecule is CC.CN1C=CNC=C1. The molecule has 1 N–H and O–H groups in total. The number of hydrogen-bond acceptors (Lipinski definition) is 2. The Morgan fingerprint density at radius 3 is 1.78 bits per heavy atom. The van der Waals surface area contributed by atoms with Gasteiger partial charge in [-0.25, -0.2) is 0 Å². The molecular formula is C7H14N2. The van der Waals surface area contributed by atoms with Crippen LogP contribution in [0.3, 0.4) is 0 Å². The van der Waals surface area contributed by atoms with Gasteiger partial charge >= 0.3 is 0 Å². The monoisotopic (exact) mass is 126 g/mol. The first kappa shape index (κ1) is 8.08. The number of rotatable bonds is 0. The van der Waals surface area contributed by atoms with E-state index in [1.807, 2.05) is 50.6 Å². The van der Waals surface area contributed by atoms with Crippen molar-refractivity contribution >= 4 is 0 Å². The molecule has 1 aliphatic rings. The van der Waals surface area contributed by atoms with Crippen molar-refractivity contribution in [1.82, 2.24) is 10.2 Å². The third kappa shape index (κ3) is 3.64. The average molecular weight is 126 g/mol. The van der Waals surface area contributed by atoms with E-state index in [0.29, 0.717) is 0 Å². The van der Waals surface area contributed by atoms with Crippen molar-refractivity contribution in [2.24, 2.45) is 0 Å². The summed E-state index contributed by atoms with van der Waals surface area (Å²) < 4.78 is 0. The first-order valence-corrected chi connectivity index (χ1v) is 3.21. The van der Waals surface area contributed by atoms with Gasteiger partial charge in [-0.3, -0.25) is 0 Å². The molecule has 9 heavy (non-hydrogen) atoms. The lowest BCUT2D eigenvalue weighted by Crippen LogP contribution is -2.09. The van der Waals surface area contributed by atoms with Crippen LogP contribution in [-0.2, 0) is 0 Å². The maximum Gasteiger partial charge on any atom is 0.0192 e. The summed E-state index contributed by atoms with van der Waals surface area (Å²) in [5, 5.41) is 2.91. The predicted octanol–water partition coefficient (Wildman–Crippen LogP) is 1.49. The van der Waals surface area contributed by atoms with E-state index in [9.17, 15) is 0 Å². The summed E-state index contributed by atoms with van der Waals surface area (Å²) in [5.41, 5.74) is 0. The highest BCUT2D eigenvalue weighted by molar-refractivity contribution is 4.96. The number of hydrogen-bond donors (Lipinski definition) is 1. The lowest BCUT2D eigenvalue weighted by molar-refractivity contribution is 0.606. The summed E-state index contributed by atoms with van der Waals surface area (Å²) in [7, 11) is 1.98. The van der Waals surface area contributed by atoms with E-state index in [1.165, 1.54) is 0 Å². The van der Waals surface area contributed by atoms with E-state index in [0.717, 1.165) is 0 Å². The molecule has 2 nitrogen and oxygen atoms in total. The van der Waals surface area contributed by atoms with E-state index >= 15 is 0 Å². The highest BCUT2D eigenvalue weighted by atomic mass is 15.1.